The average Bonchev–Trinajstić information content (AvgIpc) is 3.28. The van der Waals surface area contributed by atoms with Gasteiger partial charge in [0.2, 0.25) is 10.0 Å². The van der Waals surface area contributed by atoms with Crippen molar-refractivity contribution in [1.29, 1.82) is 0 Å². The number of aromatic nitrogens is 4. The van der Waals surface area contributed by atoms with Gasteiger partial charge in [0.1, 0.15) is 0 Å². The molecule has 10 heteroatoms. The smallest absolute Gasteiger partial charge is 0.408 e. The highest BCUT2D eigenvalue weighted by Gasteiger charge is 2.34. The lowest BCUT2D eigenvalue weighted by Crippen LogP contribution is -2.29. The largest absolute Gasteiger partial charge is 0.419 e. The van der Waals surface area contributed by atoms with Crippen LogP contribution in [-0.2, 0) is 17.1 Å². The summed E-state index contributed by atoms with van der Waals surface area (Å²) in [7, 11) is -2.11. The summed E-state index contributed by atoms with van der Waals surface area (Å²) in [6, 6.07) is 4.36. The number of sulfonamides is 1. The molecule has 2 aromatic heterocycles. The third kappa shape index (κ3) is 2.26. The zero-order valence-electron chi connectivity index (χ0n) is 12.9. The number of benzene rings is 1. The molecular weight excluding hydrogens is 334 g/mol. The Morgan fingerprint density at radius 1 is 1.25 bits per heavy atom. The number of oxazole rings is 1. The highest BCUT2D eigenvalue weighted by atomic mass is 32.2. The van der Waals surface area contributed by atoms with E-state index in [1.807, 2.05) is 0 Å². The molecule has 0 amide bonds. The molecule has 1 saturated heterocycles. The zero-order valence-corrected chi connectivity index (χ0v) is 13.7. The summed E-state index contributed by atoms with van der Waals surface area (Å²) in [5, 5.41) is 8.15. The van der Waals surface area contributed by atoms with E-state index in [2.05, 4.69) is 10.2 Å². The Balaban J connectivity index is 1.68. The van der Waals surface area contributed by atoms with Gasteiger partial charge in [-0.15, -0.1) is 0 Å². The SMILES string of the molecule is Cn1c(=O)oc2ccc(S(=O)(=O)N3CCC(n4nccn4)C3)cc21. The highest BCUT2D eigenvalue weighted by Crippen LogP contribution is 2.27. The van der Waals surface area contributed by atoms with Crippen LogP contribution in [0.25, 0.3) is 11.1 Å². The molecule has 126 valence electrons. The van der Waals surface area contributed by atoms with E-state index in [0.717, 1.165) is 0 Å². The van der Waals surface area contributed by atoms with Crippen LogP contribution in [0.5, 0.6) is 0 Å². The van der Waals surface area contributed by atoms with Crippen LogP contribution in [0, 0.1) is 0 Å². The summed E-state index contributed by atoms with van der Waals surface area (Å²) in [6.45, 7) is 0.719. The molecule has 3 aromatic rings. The zero-order chi connectivity index (χ0) is 16.9. The minimum atomic E-state index is -3.65. The van der Waals surface area contributed by atoms with Gasteiger partial charge in [-0.25, -0.2) is 13.2 Å². The molecule has 0 saturated carbocycles. The standard InChI is InChI=1S/C14H15N5O4S/c1-17-12-8-11(2-3-13(12)23-14(17)20)24(21,22)18-7-4-10(9-18)19-15-5-6-16-19/h2-3,5-6,8,10H,4,7,9H2,1H3. The number of hydrogen-bond donors (Lipinski definition) is 0. The first-order valence-corrected chi connectivity index (χ1v) is 8.86. The van der Waals surface area contributed by atoms with Crippen molar-refractivity contribution in [3.8, 4) is 0 Å². The molecule has 1 aromatic carbocycles. The number of fused-ring (bicyclic) bond motifs is 1. The summed E-state index contributed by atoms with van der Waals surface area (Å²) >= 11 is 0. The quantitative estimate of drug-likeness (QED) is 0.676. The summed E-state index contributed by atoms with van der Waals surface area (Å²) in [5.41, 5.74) is 0.812. The van der Waals surface area contributed by atoms with Gasteiger partial charge in [0.15, 0.2) is 5.58 Å². The average molecular weight is 349 g/mol. The lowest BCUT2D eigenvalue weighted by atomic mass is 10.3. The Labute approximate surface area is 137 Å². The van der Waals surface area contributed by atoms with Crippen molar-refractivity contribution in [2.24, 2.45) is 7.05 Å². The topological polar surface area (TPSA) is 103 Å². The van der Waals surface area contributed by atoms with Crippen LogP contribution in [0.3, 0.4) is 0 Å². The molecule has 0 spiro atoms. The van der Waals surface area contributed by atoms with Crippen molar-refractivity contribution in [3.05, 3.63) is 41.1 Å². The van der Waals surface area contributed by atoms with Crippen molar-refractivity contribution < 1.29 is 12.8 Å². The Morgan fingerprint density at radius 2 is 2.00 bits per heavy atom. The van der Waals surface area contributed by atoms with Crippen LogP contribution in [-0.4, -0.2) is 45.4 Å². The van der Waals surface area contributed by atoms with E-state index < -0.39 is 15.8 Å². The second-order valence-corrected chi connectivity index (χ2v) is 7.65. The first-order chi connectivity index (χ1) is 11.5. The van der Waals surface area contributed by atoms with Crippen LogP contribution < -0.4 is 5.76 Å². The first-order valence-electron chi connectivity index (χ1n) is 7.42. The third-order valence-electron chi connectivity index (χ3n) is 4.29. The molecular formula is C14H15N5O4S. The fourth-order valence-corrected chi connectivity index (χ4v) is 4.46. The van der Waals surface area contributed by atoms with E-state index >= 15 is 0 Å². The van der Waals surface area contributed by atoms with Gasteiger partial charge >= 0.3 is 5.76 Å². The fraction of sp³-hybridized carbons (Fsp3) is 0.357. The van der Waals surface area contributed by atoms with E-state index in [4.69, 9.17) is 4.42 Å². The summed E-state index contributed by atoms with van der Waals surface area (Å²) in [6.07, 6.45) is 3.80. The molecule has 1 unspecified atom stereocenters. The van der Waals surface area contributed by atoms with Crippen LogP contribution in [0.2, 0.25) is 0 Å². The molecule has 1 aliphatic rings. The number of hydrogen-bond acceptors (Lipinski definition) is 6. The molecule has 9 nitrogen and oxygen atoms in total. The molecule has 3 heterocycles. The lowest BCUT2D eigenvalue weighted by Gasteiger charge is -2.16. The van der Waals surface area contributed by atoms with Crippen LogP contribution in [0.15, 0.2) is 44.7 Å². The Hall–Kier alpha value is -2.46. The van der Waals surface area contributed by atoms with Gasteiger partial charge in [-0.3, -0.25) is 4.57 Å². The van der Waals surface area contributed by atoms with Gasteiger partial charge in [-0.1, -0.05) is 0 Å². The minimum absolute atomic E-state index is 0.0724. The fourth-order valence-electron chi connectivity index (χ4n) is 2.95. The van der Waals surface area contributed by atoms with Crippen LogP contribution in [0.4, 0.5) is 0 Å². The lowest BCUT2D eigenvalue weighted by molar-refractivity contribution is 0.402. The number of rotatable bonds is 3. The first kappa shape index (κ1) is 15.1. The van der Waals surface area contributed by atoms with E-state index in [1.165, 1.54) is 27.1 Å². The normalized spacial score (nSPS) is 19.3. The van der Waals surface area contributed by atoms with Gasteiger partial charge in [-0.05, 0) is 24.6 Å². The summed E-state index contributed by atoms with van der Waals surface area (Å²) in [4.78, 5) is 13.2. The van der Waals surface area contributed by atoms with E-state index in [-0.39, 0.29) is 10.9 Å². The van der Waals surface area contributed by atoms with Crippen LogP contribution in [0.1, 0.15) is 12.5 Å². The molecule has 0 radical (unpaired) electrons. The Kier molecular flexibility index (Phi) is 3.32. The Bertz CT molecular complexity index is 1050. The molecule has 0 N–H and O–H groups in total. The van der Waals surface area contributed by atoms with E-state index in [0.29, 0.717) is 30.6 Å². The van der Waals surface area contributed by atoms with Crippen molar-refractivity contribution in [1.82, 2.24) is 23.9 Å². The number of nitrogens with zero attached hydrogens (tertiary/aromatic N) is 5. The molecule has 0 bridgehead atoms. The maximum Gasteiger partial charge on any atom is 0.419 e. The second kappa shape index (κ2) is 5.28. The summed E-state index contributed by atoms with van der Waals surface area (Å²) in [5.74, 6) is -0.523. The number of aryl methyl sites for hydroxylation is 1. The van der Waals surface area contributed by atoms with Gasteiger partial charge < -0.3 is 4.42 Å². The van der Waals surface area contributed by atoms with Gasteiger partial charge in [0.25, 0.3) is 0 Å². The maximum absolute atomic E-state index is 12.9. The van der Waals surface area contributed by atoms with Crippen molar-refractivity contribution in [3.63, 3.8) is 0 Å². The third-order valence-corrected chi connectivity index (χ3v) is 6.15. The summed E-state index contributed by atoms with van der Waals surface area (Å²) < 4.78 is 33.5. The van der Waals surface area contributed by atoms with E-state index in [9.17, 15) is 13.2 Å². The molecule has 4 rings (SSSR count). The highest BCUT2D eigenvalue weighted by molar-refractivity contribution is 7.89. The predicted octanol–water partition coefficient (Wildman–Crippen LogP) is 0.359. The van der Waals surface area contributed by atoms with Gasteiger partial charge in [0, 0.05) is 20.1 Å². The molecule has 24 heavy (non-hydrogen) atoms. The molecule has 1 atom stereocenters. The van der Waals surface area contributed by atoms with Gasteiger partial charge in [0.05, 0.1) is 28.8 Å². The predicted molar refractivity (Wildman–Crippen MR) is 83.9 cm³/mol. The second-order valence-electron chi connectivity index (χ2n) is 5.71. The monoisotopic (exact) mass is 349 g/mol. The minimum Gasteiger partial charge on any atom is -0.408 e. The van der Waals surface area contributed by atoms with Crippen molar-refractivity contribution in [2.45, 2.75) is 17.4 Å². The Morgan fingerprint density at radius 3 is 2.75 bits per heavy atom. The van der Waals surface area contributed by atoms with Crippen molar-refractivity contribution >= 4 is 21.1 Å². The van der Waals surface area contributed by atoms with E-state index in [1.54, 1.807) is 24.2 Å². The maximum atomic E-state index is 12.9. The molecule has 1 aliphatic heterocycles. The van der Waals surface area contributed by atoms with Gasteiger partial charge in [-0.2, -0.15) is 19.3 Å². The van der Waals surface area contributed by atoms with Crippen LogP contribution >= 0.6 is 0 Å². The molecule has 1 fully saturated rings. The van der Waals surface area contributed by atoms with Crippen molar-refractivity contribution in [2.75, 3.05) is 13.1 Å². The molecule has 0 aliphatic carbocycles.